The molecule has 1 aromatic heterocycles. The highest BCUT2D eigenvalue weighted by molar-refractivity contribution is 6.30. The van der Waals surface area contributed by atoms with E-state index >= 15 is 0 Å². The number of halogens is 1. The molecule has 0 atom stereocenters. The Labute approximate surface area is 154 Å². The lowest BCUT2D eigenvalue weighted by atomic mass is 10.1. The van der Waals surface area contributed by atoms with Crippen LogP contribution in [0.5, 0.6) is 5.75 Å². The summed E-state index contributed by atoms with van der Waals surface area (Å²) in [5, 5.41) is 15.4. The van der Waals surface area contributed by atoms with E-state index in [4.69, 9.17) is 21.2 Å². The minimum atomic E-state index is -0.607. The molecule has 0 saturated heterocycles. The van der Waals surface area contributed by atoms with Crippen LogP contribution in [0.25, 0.3) is 5.69 Å². The van der Waals surface area contributed by atoms with Gasteiger partial charge in [-0.2, -0.15) is 0 Å². The topological polar surface area (TPSA) is 91.5 Å². The van der Waals surface area contributed by atoms with Crippen molar-refractivity contribution in [3.63, 3.8) is 0 Å². The zero-order chi connectivity index (χ0) is 18.4. The van der Waals surface area contributed by atoms with Crippen molar-refractivity contribution in [2.45, 2.75) is 6.92 Å². The smallest absolute Gasteiger partial charge is 0.372 e. The van der Waals surface area contributed by atoms with Crippen LogP contribution in [0.4, 0.5) is 0 Å². The van der Waals surface area contributed by atoms with Crippen molar-refractivity contribution < 1.29 is 14.4 Å². The summed E-state index contributed by atoms with van der Waals surface area (Å²) in [6.45, 7) is 1.48. The highest BCUT2D eigenvalue weighted by Gasteiger charge is 2.06. The van der Waals surface area contributed by atoms with E-state index in [1.807, 2.05) is 24.3 Å². The van der Waals surface area contributed by atoms with Crippen LogP contribution in [0, 0.1) is 0 Å². The SMILES string of the molecule is C/C(=N\OC(=O)COc1ccc(Cl)cc1)c1ccc(-n2cnnn2)cc1. The van der Waals surface area contributed by atoms with Crippen molar-refractivity contribution in [1.29, 1.82) is 0 Å². The van der Waals surface area contributed by atoms with E-state index in [-0.39, 0.29) is 6.61 Å². The first-order chi connectivity index (χ1) is 12.6. The third-order valence-electron chi connectivity index (χ3n) is 3.35. The molecule has 0 bridgehead atoms. The Kier molecular flexibility index (Phi) is 5.55. The van der Waals surface area contributed by atoms with Crippen molar-refractivity contribution in [3.8, 4) is 11.4 Å². The molecule has 9 heteroatoms. The molecular formula is C17H14ClN5O3. The lowest BCUT2D eigenvalue weighted by Crippen LogP contribution is -2.13. The Hall–Kier alpha value is -3.26. The van der Waals surface area contributed by atoms with E-state index in [0.29, 0.717) is 16.5 Å². The summed E-state index contributed by atoms with van der Waals surface area (Å²) in [5.74, 6) is -0.0881. The molecule has 0 unspecified atom stereocenters. The van der Waals surface area contributed by atoms with Gasteiger partial charge in [-0.15, -0.1) is 5.10 Å². The number of hydrogen-bond donors (Lipinski definition) is 0. The van der Waals surface area contributed by atoms with Crippen LogP contribution in [-0.4, -0.2) is 38.5 Å². The number of benzene rings is 2. The normalized spacial score (nSPS) is 11.2. The third-order valence-corrected chi connectivity index (χ3v) is 3.61. The average Bonchev–Trinajstić information content (AvgIpc) is 3.20. The summed E-state index contributed by atoms with van der Waals surface area (Å²) in [4.78, 5) is 16.6. The fourth-order valence-corrected chi connectivity index (χ4v) is 2.13. The van der Waals surface area contributed by atoms with Crippen LogP contribution in [0.3, 0.4) is 0 Å². The minimum absolute atomic E-state index is 0.253. The second-order valence-corrected chi connectivity index (χ2v) is 5.62. The Bertz CT molecular complexity index is 893. The molecule has 26 heavy (non-hydrogen) atoms. The molecule has 0 N–H and O–H groups in total. The van der Waals surface area contributed by atoms with Gasteiger partial charge in [0.05, 0.1) is 11.4 Å². The molecule has 0 fully saturated rings. The van der Waals surface area contributed by atoms with Crippen molar-refractivity contribution in [3.05, 3.63) is 65.4 Å². The summed E-state index contributed by atoms with van der Waals surface area (Å²) in [7, 11) is 0. The number of oxime groups is 1. The molecule has 0 aliphatic carbocycles. The second kappa shape index (κ2) is 8.21. The van der Waals surface area contributed by atoms with Gasteiger partial charge in [0.2, 0.25) is 0 Å². The molecule has 0 radical (unpaired) electrons. The number of nitrogens with zero attached hydrogens (tertiary/aromatic N) is 5. The van der Waals surface area contributed by atoms with Crippen molar-refractivity contribution >= 4 is 23.3 Å². The minimum Gasteiger partial charge on any atom is -0.482 e. The molecule has 0 saturated carbocycles. The van der Waals surface area contributed by atoms with Crippen LogP contribution in [-0.2, 0) is 9.63 Å². The van der Waals surface area contributed by atoms with Crippen LogP contribution in [0.15, 0.2) is 60.0 Å². The summed E-state index contributed by atoms with van der Waals surface area (Å²) in [6.07, 6.45) is 1.50. The summed E-state index contributed by atoms with van der Waals surface area (Å²) in [5.41, 5.74) is 2.15. The highest BCUT2D eigenvalue weighted by atomic mass is 35.5. The standard InChI is InChI=1S/C17H14ClN5O3/c1-12(13-2-6-15(7-3-13)23-11-19-21-22-23)20-26-17(24)10-25-16-8-4-14(18)5-9-16/h2-9,11H,10H2,1H3/b20-12+. The second-order valence-electron chi connectivity index (χ2n) is 5.18. The Morgan fingerprint density at radius 1 is 1.15 bits per heavy atom. The van der Waals surface area contributed by atoms with E-state index in [2.05, 4.69) is 20.7 Å². The zero-order valence-electron chi connectivity index (χ0n) is 13.7. The number of aromatic nitrogens is 4. The van der Waals surface area contributed by atoms with Crippen LogP contribution in [0.1, 0.15) is 12.5 Å². The Morgan fingerprint density at radius 3 is 2.54 bits per heavy atom. The van der Waals surface area contributed by atoms with Crippen molar-refractivity contribution in [2.24, 2.45) is 5.16 Å². The first-order valence-corrected chi connectivity index (χ1v) is 7.96. The van der Waals surface area contributed by atoms with E-state index in [1.165, 1.54) is 11.0 Å². The van der Waals surface area contributed by atoms with E-state index in [0.717, 1.165) is 11.3 Å². The Morgan fingerprint density at radius 2 is 1.88 bits per heavy atom. The van der Waals surface area contributed by atoms with Gasteiger partial charge < -0.3 is 9.57 Å². The van der Waals surface area contributed by atoms with Gasteiger partial charge in [0, 0.05) is 5.02 Å². The summed E-state index contributed by atoms with van der Waals surface area (Å²) < 4.78 is 6.83. The fourth-order valence-electron chi connectivity index (χ4n) is 2.01. The van der Waals surface area contributed by atoms with E-state index < -0.39 is 5.97 Å². The van der Waals surface area contributed by atoms with Gasteiger partial charge in [-0.05, 0) is 59.3 Å². The van der Waals surface area contributed by atoms with Gasteiger partial charge in [-0.3, -0.25) is 0 Å². The van der Waals surface area contributed by atoms with Gasteiger partial charge in [0.15, 0.2) is 6.61 Å². The maximum absolute atomic E-state index is 11.7. The van der Waals surface area contributed by atoms with Crippen LogP contribution >= 0.6 is 11.6 Å². The van der Waals surface area contributed by atoms with Crippen molar-refractivity contribution in [2.75, 3.05) is 6.61 Å². The number of carbonyl (C=O) groups is 1. The predicted molar refractivity (Wildman–Crippen MR) is 94.4 cm³/mol. The maximum Gasteiger partial charge on any atom is 0.372 e. The lowest BCUT2D eigenvalue weighted by Gasteiger charge is -2.05. The van der Waals surface area contributed by atoms with Gasteiger partial charge in [0.25, 0.3) is 0 Å². The predicted octanol–water partition coefficient (Wildman–Crippen LogP) is 2.66. The van der Waals surface area contributed by atoms with Crippen LogP contribution < -0.4 is 4.74 Å². The maximum atomic E-state index is 11.7. The molecule has 1 heterocycles. The molecule has 132 valence electrons. The van der Waals surface area contributed by atoms with Crippen molar-refractivity contribution in [1.82, 2.24) is 20.2 Å². The first-order valence-electron chi connectivity index (χ1n) is 7.58. The number of ether oxygens (including phenoxy) is 1. The number of hydrogen-bond acceptors (Lipinski definition) is 7. The van der Waals surface area contributed by atoms with Gasteiger partial charge in [0.1, 0.15) is 12.1 Å². The number of carbonyl (C=O) groups excluding carboxylic acids is 1. The average molecular weight is 372 g/mol. The highest BCUT2D eigenvalue weighted by Crippen LogP contribution is 2.15. The Balaban J connectivity index is 1.54. The molecule has 3 aromatic rings. The molecule has 8 nitrogen and oxygen atoms in total. The largest absolute Gasteiger partial charge is 0.482 e. The first kappa shape index (κ1) is 17.6. The molecule has 0 amide bonds. The van der Waals surface area contributed by atoms with Crippen LogP contribution in [0.2, 0.25) is 5.02 Å². The molecule has 0 aliphatic heterocycles. The number of tetrazole rings is 1. The molecular weight excluding hydrogens is 358 g/mol. The third kappa shape index (κ3) is 4.64. The fraction of sp³-hybridized carbons (Fsp3) is 0.118. The van der Waals surface area contributed by atoms with E-state index in [1.54, 1.807) is 31.2 Å². The number of rotatable bonds is 6. The monoisotopic (exact) mass is 371 g/mol. The summed E-state index contributed by atoms with van der Waals surface area (Å²) in [6, 6.07) is 14.0. The molecule has 3 rings (SSSR count). The van der Waals surface area contributed by atoms with Gasteiger partial charge in [-0.25, -0.2) is 9.48 Å². The van der Waals surface area contributed by atoms with Gasteiger partial charge >= 0.3 is 5.97 Å². The van der Waals surface area contributed by atoms with E-state index in [9.17, 15) is 4.79 Å². The lowest BCUT2D eigenvalue weighted by molar-refractivity contribution is -0.146. The molecule has 0 spiro atoms. The zero-order valence-corrected chi connectivity index (χ0v) is 14.5. The quantitative estimate of drug-likeness (QED) is 0.376. The summed E-state index contributed by atoms with van der Waals surface area (Å²) >= 11 is 5.78. The van der Waals surface area contributed by atoms with Gasteiger partial charge in [-0.1, -0.05) is 28.9 Å². The molecule has 2 aromatic carbocycles. The molecule has 0 aliphatic rings.